The van der Waals surface area contributed by atoms with E-state index in [9.17, 15) is 18.0 Å². The molecule has 0 spiro atoms. The number of sulfone groups is 1. The van der Waals surface area contributed by atoms with Gasteiger partial charge < -0.3 is 14.4 Å². The molecule has 27 heavy (non-hydrogen) atoms. The molecule has 0 N–H and O–H groups in total. The van der Waals surface area contributed by atoms with Crippen LogP contribution in [0.4, 0.5) is 0 Å². The van der Waals surface area contributed by atoms with Crippen LogP contribution in [0.2, 0.25) is 0 Å². The highest BCUT2D eigenvalue weighted by atomic mass is 32.2. The van der Waals surface area contributed by atoms with Crippen molar-refractivity contribution in [3.05, 3.63) is 29.8 Å². The number of carbonyl (C=O) groups excluding carboxylic acids is 2. The quantitative estimate of drug-likeness (QED) is 0.677. The van der Waals surface area contributed by atoms with Crippen LogP contribution in [0, 0.1) is 0 Å². The van der Waals surface area contributed by atoms with Crippen LogP contribution in [0.3, 0.4) is 0 Å². The molecule has 1 aromatic rings. The zero-order valence-corrected chi connectivity index (χ0v) is 17.0. The van der Waals surface area contributed by atoms with Gasteiger partial charge >= 0.3 is 5.97 Å². The summed E-state index contributed by atoms with van der Waals surface area (Å²) in [5, 5.41) is 0. The van der Waals surface area contributed by atoms with E-state index in [0.29, 0.717) is 12.2 Å². The van der Waals surface area contributed by atoms with Crippen molar-refractivity contribution in [2.24, 2.45) is 0 Å². The molecule has 7 nitrogen and oxygen atoms in total. The maximum atomic E-state index is 12.1. The van der Waals surface area contributed by atoms with Gasteiger partial charge in [0.05, 0.1) is 11.5 Å². The molecule has 0 bridgehead atoms. The van der Waals surface area contributed by atoms with Crippen molar-refractivity contribution in [1.29, 1.82) is 0 Å². The first-order valence-electron chi connectivity index (χ1n) is 8.83. The minimum atomic E-state index is -3.08. The Morgan fingerprint density at radius 2 is 1.78 bits per heavy atom. The fraction of sp³-hybridized carbons (Fsp3) is 0.579. The van der Waals surface area contributed by atoms with Crippen LogP contribution in [0.25, 0.3) is 0 Å². The lowest BCUT2D eigenvalue weighted by molar-refractivity contribution is -0.153. The molecule has 0 aromatic heterocycles. The summed E-state index contributed by atoms with van der Waals surface area (Å²) in [6.07, 6.45) is 0.409. The van der Waals surface area contributed by atoms with Gasteiger partial charge in [0.15, 0.2) is 23.1 Å². The molecular formula is C19H27NO6S. The predicted molar refractivity (Wildman–Crippen MR) is 101 cm³/mol. The molecular weight excluding hydrogens is 370 g/mol. The van der Waals surface area contributed by atoms with Crippen LogP contribution in [0.1, 0.15) is 32.8 Å². The average molecular weight is 397 g/mol. The summed E-state index contributed by atoms with van der Waals surface area (Å²) in [5.74, 6) is -0.511. The lowest BCUT2D eigenvalue weighted by Gasteiger charge is -2.23. The number of hydrogen-bond acceptors (Lipinski definition) is 6. The van der Waals surface area contributed by atoms with E-state index in [2.05, 4.69) is 20.8 Å². The smallest absolute Gasteiger partial charge is 0.344 e. The third kappa shape index (κ3) is 6.23. The summed E-state index contributed by atoms with van der Waals surface area (Å²) < 4.78 is 33.3. The Labute approximate surface area is 160 Å². The van der Waals surface area contributed by atoms with Crippen LogP contribution in [-0.2, 0) is 29.6 Å². The number of carbonyl (C=O) groups is 2. The van der Waals surface area contributed by atoms with Gasteiger partial charge in [0.1, 0.15) is 5.75 Å². The maximum Gasteiger partial charge on any atom is 0.344 e. The molecule has 1 amide bonds. The summed E-state index contributed by atoms with van der Waals surface area (Å²) in [7, 11) is -1.56. The van der Waals surface area contributed by atoms with Crippen LogP contribution in [-0.4, -0.2) is 63.0 Å². The molecule has 1 aromatic carbocycles. The van der Waals surface area contributed by atoms with Gasteiger partial charge in [0.25, 0.3) is 5.91 Å². The number of amides is 1. The van der Waals surface area contributed by atoms with Crippen molar-refractivity contribution in [1.82, 2.24) is 4.90 Å². The summed E-state index contributed by atoms with van der Waals surface area (Å²) in [6, 6.07) is 7.09. The van der Waals surface area contributed by atoms with E-state index in [0.717, 1.165) is 5.56 Å². The summed E-state index contributed by atoms with van der Waals surface area (Å²) in [4.78, 5) is 25.2. The number of rotatable bonds is 6. The van der Waals surface area contributed by atoms with Crippen molar-refractivity contribution in [3.8, 4) is 5.75 Å². The largest absolute Gasteiger partial charge is 0.482 e. The summed E-state index contributed by atoms with van der Waals surface area (Å²) in [5.41, 5.74) is 1.18. The number of likely N-dealkylation sites (N-methyl/N-ethyl adjacent to an activating group) is 1. The van der Waals surface area contributed by atoms with E-state index in [-0.39, 0.29) is 29.6 Å². The number of esters is 1. The van der Waals surface area contributed by atoms with Crippen molar-refractivity contribution in [3.63, 3.8) is 0 Å². The van der Waals surface area contributed by atoms with E-state index in [1.165, 1.54) is 11.9 Å². The molecule has 1 fully saturated rings. The van der Waals surface area contributed by atoms with Gasteiger partial charge in [-0.05, 0) is 29.5 Å². The highest BCUT2D eigenvalue weighted by Crippen LogP contribution is 2.24. The molecule has 1 heterocycles. The minimum absolute atomic E-state index is 0.0303. The molecule has 1 aliphatic rings. The highest BCUT2D eigenvalue weighted by molar-refractivity contribution is 7.91. The van der Waals surface area contributed by atoms with Gasteiger partial charge in [-0.1, -0.05) is 32.9 Å². The molecule has 1 saturated heterocycles. The Balaban J connectivity index is 1.75. The van der Waals surface area contributed by atoms with Gasteiger partial charge in [-0.2, -0.15) is 0 Å². The third-order valence-electron chi connectivity index (χ3n) is 4.58. The monoisotopic (exact) mass is 397 g/mol. The topological polar surface area (TPSA) is 90.0 Å². The predicted octanol–water partition coefficient (Wildman–Crippen LogP) is 1.55. The zero-order chi connectivity index (χ0) is 20.2. The Kier molecular flexibility index (Phi) is 6.51. The standard InChI is InChI=1S/C19H27NO6S/c1-19(2,3)14-5-7-16(8-6-14)25-12-18(22)26-11-17(21)20(4)15-9-10-27(23,24)13-15/h5-8,15H,9-13H2,1-4H3. The molecule has 8 heteroatoms. The summed E-state index contributed by atoms with van der Waals surface area (Å²) >= 11 is 0. The normalized spacial score (nSPS) is 18.7. The Morgan fingerprint density at radius 1 is 1.15 bits per heavy atom. The van der Waals surface area contributed by atoms with Crippen LogP contribution < -0.4 is 4.74 Å². The van der Waals surface area contributed by atoms with Crippen LogP contribution in [0.15, 0.2) is 24.3 Å². The van der Waals surface area contributed by atoms with Gasteiger partial charge in [-0.3, -0.25) is 4.79 Å². The zero-order valence-electron chi connectivity index (χ0n) is 16.2. The Bertz CT molecular complexity index is 779. The highest BCUT2D eigenvalue weighted by Gasteiger charge is 2.32. The van der Waals surface area contributed by atoms with Crippen LogP contribution >= 0.6 is 0 Å². The van der Waals surface area contributed by atoms with Crippen molar-refractivity contribution >= 4 is 21.7 Å². The lowest BCUT2D eigenvalue weighted by Crippen LogP contribution is -2.40. The first kappa shape index (κ1) is 21.2. The second-order valence-corrected chi connectivity index (χ2v) is 10.0. The molecule has 0 saturated carbocycles. The minimum Gasteiger partial charge on any atom is -0.482 e. The van der Waals surface area contributed by atoms with E-state index < -0.39 is 28.3 Å². The number of benzene rings is 1. The Morgan fingerprint density at radius 3 is 2.30 bits per heavy atom. The van der Waals surface area contributed by atoms with E-state index in [1.54, 1.807) is 12.1 Å². The maximum absolute atomic E-state index is 12.1. The molecule has 0 aliphatic carbocycles. The van der Waals surface area contributed by atoms with E-state index in [4.69, 9.17) is 9.47 Å². The first-order valence-corrected chi connectivity index (χ1v) is 10.6. The van der Waals surface area contributed by atoms with E-state index >= 15 is 0 Å². The lowest BCUT2D eigenvalue weighted by atomic mass is 9.87. The third-order valence-corrected chi connectivity index (χ3v) is 6.33. The van der Waals surface area contributed by atoms with Gasteiger partial charge in [0, 0.05) is 13.1 Å². The number of ether oxygens (including phenoxy) is 2. The van der Waals surface area contributed by atoms with Crippen molar-refractivity contribution < 1.29 is 27.5 Å². The fourth-order valence-electron chi connectivity index (χ4n) is 2.76. The molecule has 0 radical (unpaired) electrons. The van der Waals surface area contributed by atoms with Crippen LogP contribution in [0.5, 0.6) is 5.75 Å². The average Bonchev–Trinajstić information content (AvgIpc) is 2.96. The van der Waals surface area contributed by atoms with Gasteiger partial charge in [0.2, 0.25) is 0 Å². The molecule has 150 valence electrons. The fourth-order valence-corrected chi connectivity index (χ4v) is 4.54. The molecule has 1 unspecified atom stereocenters. The number of nitrogens with zero attached hydrogens (tertiary/aromatic N) is 1. The van der Waals surface area contributed by atoms with Crippen molar-refractivity contribution in [2.45, 2.75) is 38.6 Å². The van der Waals surface area contributed by atoms with Gasteiger partial charge in [-0.25, -0.2) is 13.2 Å². The molecule has 1 aliphatic heterocycles. The van der Waals surface area contributed by atoms with E-state index in [1.807, 2.05) is 12.1 Å². The molecule has 1 atom stereocenters. The summed E-state index contributed by atoms with van der Waals surface area (Å²) in [6.45, 7) is 5.58. The molecule has 2 rings (SSSR count). The number of hydrogen-bond donors (Lipinski definition) is 0. The Hall–Kier alpha value is -2.09. The SMILES string of the molecule is CN(C(=O)COC(=O)COc1ccc(C(C)(C)C)cc1)C1CCS(=O)(=O)C1. The second kappa shape index (κ2) is 8.29. The second-order valence-electron chi connectivity index (χ2n) is 7.79. The van der Waals surface area contributed by atoms with Crippen molar-refractivity contribution in [2.75, 3.05) is 31.8 Å². The first-order chi connectivity index (χ1) is 12.5. The van der Waals surface area contributed by atoms with Gasteiger partial charge in [-0.15, -0.1) is 0 Å².